The fraction of sp³-hybridized carbons (Fsp3) is 0.300. The van der Waals surface area contributed by atoms with Crippen LogP contribution in [0.1, 0.15) is 27.6 Å². The van der Waals surface area contributed by atoms with Crippen molar-refractivity contribution in [1.29, 1.82) is 0 Å². The Bertz CT molecular complexity index is 424. The van der Waals surface area contributed by atoms with E-state index in [2.05, 4.69) is 15.9 Å². The molecule has 1 aromatic rings. The highest BCUT2D eigenvalue weighted by Crippen LogP contribution is 2.39. The molecular weight excluding hydrogens is 248 g/mol. The molecule has 1 aromatic carbocycles. The molecule has 72 valence electrons. The summed E-state index contributed by atoms with van der Waals surface area (Å²) >= 11 is 3.49. The molecule has 0 aliphatic carbocycles. The highest BCUT2D eigenvalue weighted by molar-refractivity contribution is 9.10. The Labute approximate surface area is 89.1 Å². The van der Waals surface area contributed by atoms with Gasteiger partial charge in [0.05, 0.1) is 12.2 Å². The molecule has 0 amide bonds. The molecule has 0 N–H and O–H groups in total. The van der Waals surface area contributed by atoms with Crippen molar-refractivity contribution in [3.05, 3.63) is 33.3 Å². The lowest BCUT2D eigenvalue weighted by Gasteiger charge is -2.03. The molecule has 0 unspecified atom stereocenters. The maximum Gasteiger partial charge on any atom is 0.338 e. The van der Waals surface area contributed by atoms with Crippen LogP contribution in [-0.4, -0.2) is 12.6 Å². The molecular formula is C10H7BrO3. The van der Waals surface area contributed by atoms with Crippen molar-refractivity contribution in [3.8, 4) is 0 Å². The topological polar surface area (TPSA) is 38.8 Å². The normalized spacial score (nSPS) is 23.2. The number of hydrogen-bond donors (Lipinski definition) is 0. The zero-order chi connectivity index (χ0) is 9.71. The Morgan fingerprint density at radius 2 is 2.21 bits per heavy atom. The van der Waals surface area contributed by atoms with Crippen molar-refractivity contribution in [3.63, 3.8) is 0 Å². The van der Waals surface area contributed by atoms with Gasteiger partial charge in [-0.15, -0.1) is 0 Å². The van der Waals surface area contributed by atoms with Gasteiger partial charge in [-0.2, -0.15) is 0 Å². The molecule has 2 aliphatic rings. The summed E-state index contributed by atoms with van der Waals surface area (Å²) in [6, 6.07) is 3.74. The van der Waals surface area contributed by atoms with Crippen LogP contribution in [0.3, 0.4) is 0 Å². The molecule has 3 nitrogen and oxygen atoms in total. The Morgan fingerprint density at radius 1 is 1.43 bits per heavy atom. The predicted molar refractivity (Wildman–Crippen MR) is 52.0 cm³/mol. The van der Waals surface area contributed by atoms with Gasteiger partial charge in [0.2, 0.25) is 0 Å². The van der Waals surface area contributed by atoms with Gasteiger partial charge < -0.3 is 9.47 Å². The lowest BCUT2D eigenvalue weighted by atomic mass is 10.0. The molecule has 2 aliphatic heterocycles. The number of benzene rings is 1. The Hall–Kier alpha value is -0.870. The van der Waals surface area contributed by atoms with E-state index in [9.17, 15) is 4.79 Å². The Balaban J connectivity index is 2.16. The third-order valence-electron chi connectivity index (χ3n) is 2.52. The number of ether oxygens (including phenoxy) is 2. The summed E-state index contributed by atoms with van der Waals surface area (Å²) in [5, 5.41) is 0. The Morgan fingerprint density at radius 3 is 2.93 bits per heavy atom. The third kappa shape index (κ3) is 1.11. The molecule has 3 rings (SSSR count). The second kappa shape index (κ2) is 2.81. The fourth-order valence-electron chi connectivity index (χ4n) is 1.66. The molecule has 0 aromatic heterocycles. The minimum Gasteiger partial charge on any atom is -0.457 e. The number of esters is 1. The molecule has 1 fully saturated rings. The minimum atomic E-state index is -0.232. The zero-order valence-corrected chi connectivity index (χ0v) is 8.83. The van der Waals surface area contributed by atoms with E-state index in [0.29, 0.717) is 12.2 Å². The van der Waals surface area contributed by atoms with Crippen LogP contribution in [0.15, 0.2) is 16.6 Å². The average molecular weight is 255 g/mol. The van der Waals surface area contributed by atoms with Crippen LogP contribution >= 0.6 is 15.9 Å². The van der Waals surface area contributed by atoms with Gasteiger partial charge in [0.1, 0.15) is 12.7 Å². The average Bonchev–Trinajstić information content (AvgIpc) is 2.93. The first-order valence-corrected chi connectivity index (χ1v) is 5.16. The van der Waals surface area contributed by atoms with Crippen molar-refractivity contribution in [2.45, 2.75) is 12.7 Å². The third-order valence-corrected chi connectivity index (χ3v) is 3.46. The van der Waals surface area contributed by atoms with E-state index < -0.39 is 0 Å². The van der Waals surface area contributed by atoms with Gasteiger partial charge in [-0.05, 0) is 27.6 Å². The maximum atomic E-state index is 11.2. The van der Waals surface area contributed by atoms with Gasteiger partial charge in [-0.3, -0.25) is 0 Å². The molecule has 14 heavy (non-hydrogen) atoms. The lowest BCUT2D eigenvalue weighted by Crippen LogP contribution is -1.95. The van der Waals surface area contributed by atoms with Gasteiger partial charge >= 0.3 is 5.97 Å². The van der Waals surface area contributed by atoms with E-state index in [-0.39, 0.29) is 12.1 Å². The first-order valence-electron chi connectivity index (χ1n) is 4.37. The maximum absolute atomic E-state index is 11.2. The number of hydrogen-bond acceptors (Lipinski definition) is 3. The molecule has 1 saturated heterocycles. The largest absolute Gasteiger partial charge is 0.457 e. The zero-order valence-electron chi connectivity index (χ0n) is 7.25. The second-order valence-corrected chi connectivity index (χ2v) is 4.19. The number of rotatable bonds is 1. The summed E-state index contributed by atoms with van der Waals surface area (Å²) in [5.74, 6) is -0.232. The molecule has 1 atom stereocenters. The summed E-state index contributed by atoms with van der Waals surface area (Å²) in [5.41, 5.74) is 2.73. The number of carbonyl (C=O) groups is 1. The summed E-state index contributed by atoms with van der Waals surface area (Å²) < 4.78 is 11.1. The molecule has 0 radical (unpaired) electrons. The van der Waals surface area contributed by atoms with Crippen LogP contribution in [0.2, 0.25) is 0 Å². The van der Waals surface area contributed by atoms with Gasteiger partial charge in [-0.1, -0.05) is 6.07 Å². The highest BCUT2D eigenvalue weighted by atomic mass is 79.9. The van der Waals surface area contributed by atoms with Crippen molar-refractivity contribution < 1.29 is 14.3 Å². The van der Waals surface area contributed by atoms with Crippen LogP contribution in [0.5, 0.6) is 0 Å². The Kier molecular flexibility index (Phi) is 1.69. The number of fused-ring (bicyclic) bond motifs is 1. The van der Waals surface area contributed by atoms with E-state index in [0.717, 1.165) is 22.2 Å². The highest BCUT2D eigenvalue weighted by Gasteiger charge is 2.31. The monoisotopic (exact) mass is 254 g/mol. The summed E-state index contributed by atoms with van der Waals surface area (Å²) in [7, 11) is 0. The fourth-order valence-corrected chi connectivity index (χ4v) is 2.38. The first-order chi connectivity index (χ1) is 6.77. The van der Waals surface area contributed by atoms with E-state index in [4.69, 9.17) is 9.47 Å². The molecule has 0 saturated carbocycles. The van der Waals surface area contributed by atoms with Crippen molar-refractivity contribution in [2.24, 2.45) is 0 Å². The van der Waals surface area contributed by atoms with Crippen molar-refractivity contribution >= 4 is 21.9 Å². The van der Waals surface area contributed by atoms with Crippen LogP contribution in [0, 0.1) is 0 Å². The van der Waals surface area contributed by atoms with Crippen LogP contribution in [0.4, 0.5) is 0 Å². The van der Waals surface area contributed by atoms with Crippen LogP contribution in [-0.2, 0) is 16.1 Å². The van der Waals surface area contributed by atoms with Crippen LogP contribution in [0.25, 0.3) is 0 Å². The summed E-state index contributed by atoms with van der Waals surface area (Å²) in [6.07, 6.45) is 0.199. The van der Waals surface area contributed by atoms with E-state index in [1.807, 2.05) is 12.1 Å². The summed E-state index contributed by atoms with van der Waals surface area (Å²) in [4.78, 5) is 11.2. The van der Waals surface area contributed by atoms with E-state index >= 15 is 0 Å². The van der Waals surface area contributed by atoms with Gasteiger partial charge in [0.15, 0.2) is 0 Å². The number of epoxide rings is 1. The number of carbonyl (C=O) groups excluding carboxylic acids is 1. The predicted octanol–water partition coefficient (Wildman–Crippen LogP) is 2.19. The summed E-state index contributed by atoms with van der Waals surface area (Å²) in [6.45, 7) is 1.14. The second-order valence-electron chi connectivity index (χ2n) is 3.39. The molecule has 2 heterocycles. The van der Waals surface area contributed by atoms with E-state index in [1.54, 1.807) is 0 Å². The van der Waals surface area contributed by atoms with Gasteiger partial charge in [0, 0.05) is 10.0 Å². The van der Waals surface area contributed by atoms with Crippen molar-refractivity contribution in [2.75, 3.05) is 6.61 Å². The smallest absolute Gasteiger partial charge is 0.338 e. The van der Waals surface area contributed by atoms with Gasteiger partial charge in [-0.25, -0.2) is 4.79 Å². The molecule has 0 bridgehead atoms. The van der Waals surface area contributed by atoms with E-state index in [1.165, 1.54) is 0 Å². The van der Waals surface area contributed by atoms with Gasteiger partial charge in [0.25, 0.3) is 0 Å². The lowest BCUT2D eigenvalue weighted by molar-refractivity contribution is 0.0535. The van der Waals surface area contributed by atoms with Crippen molar-refractivity contribution in [1.82, 2.24) is 0 Å². The molecule has 4 heteroatoms. The van der Waals surface area contributed by atoms with Crippen LogP contribution < -0.4 is 0 Å². The minimum absolute atomic E-state index is 0.199. The standard InChI is InChI=1S/C10H7BrO3/c11-9-6(8-4-13-8)2-1-5-7(9)3-14-10(5)12/h1-2,8H,3-4H2/t8-/m1/s1. The SMILES string of the molecule is O=C1OCc2c1ccc([C@H]1CO1)c2Br. The quantitative estimate of drug-likeness (QED) is 0.570. The number of halogens is 1. The first kappa shape index (κ1) is 8.44. The number of cyclic esters (lactones) is 1. The molecule has 0 spiro atoms.